The summed E-state index contributed by atoms with van der Waals surface area (Å²) in [7, 11) is 0. The first-order valence-electron chi connectivity index (χ1n) is 9.34. The lowest BCUT2D eigenvalue weighted by molar-refractivity contribution is 0.0505. The predicted molar refractivity (Wildman–Crippen MR) is 115 cm³/mol. The van der Waals surface area contributed by atoms with Gasteiger partial charge in [-0.15, -0.1) is 0 Å². The summed E-state index contributed by atoms with van der Waals surface area (Å²) in [6.07, 6.45) is -0.582. The number of fused-ring (bicyclic) bond motifs is 1. The zero-order valence-electron chi connectivity index (χ0n) is 17.1. The fraction of sp³-hybridized carbons (Fsp3) is 0.318. The Balaban J connectivity index is 2.18. The van der Waals surface area contributed by atoms with Crippen LogP contribution in [0.15, 0.2) is 47.3 Å². The van der Waals surface area contributed by atoms with E-state index < -0.39 is 17.7 Å². The third kappa shape index (κ3) is 4.59. The molecule has 3 rings (SSSR count). The molecular formula is C22H24ClN3O3. The summed E-state index contributed by atoms with van der Waals surface area (Å²) in [5.41, 5.74) is 1.19. The van der Waals surface area contributed by atoms with Gasteiger partial charge >= 0.3 is 6.09 Å². The maximum atomic E-state index is 13.4. The minimum atomic E-state index is -0.635. The number of ether oxygens (including phenoxy) is 1. The van der Waals surface area contributed by atoms with Crippen molar-refractivity contribution in [2.75, 3.05) is 0 Å². The number of carbonyl (C=O) groups excluding carboxylic acids is 1. The molecule has 0 aliphatic heterocycles. The molecule has 0 saturated heterocycles. The van der Waals surface area contributed by atoms with Crippen LogP contribution in [0.1, 0.15) is 45.1 Å². The highest BCUT2D eigenvalue weighted by atomic mass is 35.5. The van der Waals surface area contributed by atoms with Gasteiger partial charge < -0.3 is 10.1 Å². The smallest absolute Gasteiger partial charge is 0.408 e. The number of carbonyl (C=O) groups is 1. The lowest BCUT2D eigenvalue weighted by atomic mass is 10.1. The molecule has 29 heavy (non-hydrogen) atoms. The fourth-order valence-electron chi connectivity index (χ4n) is 3.06. The van der Waals surface area contributed by atoms with Gasteiger partial charge in [0.2, 0.25) is 0 Å². The molecule has 2 aromatic carbocycles. The normalized spacial score (nSPS) is 12.6. The van der Waals surface area contributed by atoms with E-state index in [1.165, 1.54) is 4.57 Å². The molecule has 0 radical (unpaired) electrons. The molecule has 1 amide bonds. The highest BCUT2D eigenvalue weighted by Gasteiger charge is 2.23. The number of aryl methyl sites for hydroxylation is 1. The van der Waals surface area contributed by atoms with E-state index in [-0.39, 0.29) is 5.56 Å². The quantitative estimate of drug-likeness (QED) is 0.660. The molecule has 0 spiro atoms. The number of hydrogen-bond acceptors (Lipinski definition) is 4. The first-order valence-corrected chi connectivity index (χ1v) is 9.72. The molecule has 1 aromatic heterocycles. The van der Waals surface area contributed by atoms with Gasteiger partial charge in [-0.25, -0.2) is 9.78 Å². The average molecular weight is 414 g/mol. The minimum absolute atomic E-state index is 0.293. The zero-order valence-corrected chi connectivity index (χ0v) is 17.9. The number of halogens is 1. The van der Waals surface area contributed by atoms with Gasteiger partial charge in [-0.1, -0.05) is 29.8 Å². The molecule has 0 bridgehead atoms. The molecule has 152 valence electrons. The Labute approximate surface area is 174 Å². The largest absolute Gasteiger partial charge is 0.444 e. The molecule has 3 aromatic rings. The fourth-order valence-corrected chi connectivity index (χ4v) is 3.31. The predicted octanol–water partition coefficient (Wildman–Crippen LogP) is 4.93. The summed E-state index contributed by atoms with van der Waals surface area (Å²) in [5, 5.41) is 3.44. The number of aromatic nitrogens is 2. The maximum absolute atomic E-state index is 13.4. The zero-order chi connectivity index (χ0) is 21.3. The first-order chi connectivity index (χ1) is 13.6. The van der Waals surface area contributed by atoms with Gasteiger partial charge in [0, 0.05) is 0 Å². The Morgan fingerprint density at radius 2 is 1.90 bits per heavy atom. The number of amides is 1. The van der Waals surface area contributed by atoms with Crippen LogP contribution in [-0.4, -0.2) is 21.2 Å². The molecular weight excluding hydrogens is 390 g/mol. The molecule has 7 heteroatoms. The number of nitrogens with zero attached hydrogens (tertiary/aromatic N) is 2. The lowest BCUT2D eigenvalue weighted by Gasteiger charge is -2.23. The number of nitrogens with one attached hydrogen (secondary N) is 1. The number of rotatable bonds is 3. The Bertz CT molecular complexity index is 1130. The molecule has 6 nitrogen and oxygen atoms in total. The number of hydrogen-bond donors (Lipinski definition) is 1. The van der Waals surface area contributed by atoms with E-state index in [0.717, 1.165) is 5.56 Å². The Kier molecular flexibility index (Phi) is 5.66. The van der Waals surface area contributed by atoms with Crippen LogP contribution in [0.3, 0.4) is 0 Å². The van der Waals surface area contributed by atoms with Crippen molar-refractivity contribution in [1.82, 2.24) is 14.9 Å². The molecule has 0 aliphatic rings. The van der Waals surface area contributed by atoms with E-state index in [1.807, 2.05) is 31.2 Å². The van der Waals surface area contributed by atoms with Gasteiger partial charge in [-0.3, -0.25) is 9.36 Å². The highest BCUT2D eigenvalue weighted by Crippen LogP contribution is 2.23. The van der Waals surface area contributed by atoms with Crippen molar-refractivity contribution >= 4 is 28.6 Å². The molecule has 1 heterocycles. The van der Waals surface area contributed by atoms with Crippen LogP contribution in [0.5, 0.6) is 0 Å². The number of benzene rings is 2. The van der Waals surface area contributed by atoms with Gasteiger partial charge in [-0.05, 0) is 64.4 Å². The van der Waals surface area contributed by atoms with Gasteiger partial charge in [-0.2, -0.15) is 0 Å². The van der Waals surface area contributed by atoms with E-state index in [0.29, 0.717) is 27.4 Å². The molecule has 0 fully saturated rings. The van der Waals surface area contributed by atoms with E-state index >= 15 is 0 Å². The topological polar surface area (TPSA) is 73.2 Å². The second kappa shape index (κ2) is 7.87. The van der Waals surface area contributed by atoms with Crippen LogP contribution >= 0.6 is 11.6 Å². The molecule has 1 atom stereocenters. The van der Waals surface area contributed by atoms with Crippen molar-refractivity contribution < 1.29 is 9.53 Å². The first kappa shape index (κ1) is 20.9. The summed E-state index contributed by atoms with van der Waals surface area (Å²) in [6.45, 7) is 9.06. The third-order valence-corrected chi connectivity index (χ3v) is 4.57. The van der Waals surface area contributed by atoms with Gasteiger partial charge in [0.25, 0.3) is 5.56 Å². The van der Waals surface area contributed by atoms with Gasteiger partial charge in [0.1, 0.15) is 11.4 Å². The van der Waals surface area contributed by atoms with Crippen LogP contribution in [0.4, 0.5) is 4.79 Å². The SMILES string of the molecule is Cc1cccc(-n2c([C@H](C)NC(=O)OC(C)(C)C)nc3cccc(Cl)c3c2=O)c1. The standard InChI is InChI=1S/C22H24ClN3O3/c1-13-8-6-9-15(12-13)26-19(14(2)24-21(28)29-22(3,4)5)25-17-11-7-10-16(23)18(17)20(26)27/h6-12,14H,1-5H3,(H,24,28)/t14-/m0/s1. The summed E-state index contributed by atoms with van der Waals surface area (Å²) in [6, 6.07) is 12.1. The van der Waals surface area contributed by atoms with E-state index in [1.54, 1.807) is 45.9 Å². The van der Waals surface area contributed by atoms with Crippen molar-refractivity contribution in [3.8, 4) is 5.69 Å². The van der Waals surface area contributed by atoms with Crippen molar-refractivity contribution in [1.29, 1.82) is 0 Å². The summed E-state index contributed by atoms with van der Waals surface area (Å²) >= 11 is 6.30. The Hall–Kier alpha value is -2.86. The summed E-state index contributed by atoms with van der Waals surface area (Å²) in [5.74, 6) is 0.390. The van der Waals surface area contributed by atoms with Crippen molar-refractivity contribution in [2.24, 2.45) is 0 Å². The average Bonchev–Trinajstić information content (AvgIpc) is 2.59. The van der Waals surface area contributed by atoms with E-state index in [9.17, 15) is 9.59 Å². The van der Waals surface area contributed by atoms with Crippen LogP contribution in [0.25, 0.3) is 16.6 Å². The molecule has 1 N–H and O–H groups in total. The van der Waals surface area contributed by atoms with Crippen molar-refractivity contribution in [3.63, 3.8) is 0 Å². The number of alkyl carbamates (subject to hydrolysis) is 1. The third-order valence-electron chi connectivity index (χ3n) is 4.25. The maximum Gasteiger partial charge on any atom is 0.408 e. The summed E-state index contributed by atoms with van der Waals surface area (Å²) < 4.78 is 6.83. The van der Waals surface area contributed by atoms with Crippen molar-refractivity contribution in [2.45, 2.75) is 46.3 Å². The minimum Gasteiger partial charge on any atom is -0.444 e. The van der Waals surface area contributed by atoms with Crippen molar-refractivity contribution in [3.05, 3.63) is 69.2 Å². The van der Waals surface area contributed by atoms with E-state index in [4.69, 9.17) is 16.3 Å². The Morgan fingerprint density at radius 1 is 1.21 bits per heavy atom. The van der Waals surface area contributed by atoms with Crippen LogP contribution in [-0.2, 0) is 4.74 Å². The van der Waals surface area contributed by atoms with Gasteiger partial charge in [0.05, 0.1) is 27.7 Å². The molecule has 0 aliphatic carbocycles. The second-order valence-electron chi connectivity index (χ2n) is 7.95. The summed E-state index contributed by atoms with van der Waals surface area (Å²) in [4.78, 5) is 30.3. The molecule has 0 saturated carbocycles. The molecule has 0 unspecified atom stereocenters. The van der Waals surface area contributed by atoms with Gasteiger partial charge in [0.15, 0.2) is 0 Å². The van der Waals surface area contributed by atoms with Crippen LogP contribution in [0, 0.1) is 6.92 Å². The Morgan fingerprint density at radius 3 is 2.55 bits per heavy atom. The van der Waals surface area contributed by atoms with E-state index in [2.05, 4.69) is 10.3 Å². The van der Waals surface area contributed by atoms with Crippen LogP contribution < -0.4 is 10.9 Å². The lowest BCUT2D eigenvalue weighted by Crippen LogP contribution is -2.37. The second-order valence-corrected chi connectivity index (χ2v) is 8.36. The highest BCUT2D eigenvalue weighted by molar-refractivity contribution is 6.35. The van der Waals surface area contributed by atoms with Crippen LogP contribution in [0.2, 0.25) is 5.02 Å². The monoisotopic (exact) mass is 413 g/mol.